The van der Waals surface area contributed by atoms with Gasteiger partial charge in [0.15, 0.2) is 23.3 Å². The second-order valence-corrected chi connectivity index (χ2v) is 11.6. The average Bonchev–Trinajstić information content (AvgIpc) is 3.62. The van der Waals surface area contributed by atoms with Gasteiger partial charge in [0, 0.05) is 37.7 Å². The van der Waals surface area contributed by atoms with Crippen molar-refractivity contribution in [1.82, 2.24) is 9.47 Å². The summed E-state index contributed by atoms with van der Waals surface area (Å²) in [6, 6.07) is 15.6. The van der Waals surface area contributed by atoms with Crippen molar-refractivity contribution in [1.29, 1.82) is 0 Å². The van der Waals surface area contributed by atoms with Gasteiger partial charge in [-0.05, 0) is 80.3 Å². The summed E-state index contributed by atoms with van der Waals surface area (Å²) < 4.78 is 24.1. The van der Waals surface area contributed by atoms with E-state index in [9.17, 15) is 15.0 Å². The van der Waals surface area contributed by atoms with Gasteiger partial charge in [0.1, 0.15) is 12.4 Å². The van der Waals surface area contributed by atoms with Crippen molar-refractivity contribution >= 4 is 5.97 Å². The third kappa shape index (κ3) is 7.39. The number of fused-ring (bicyclic) bond motifs is 1. The van der Waals surface area contributed by atoms with E-state index in [4.69, 9.17) is 18.9 Å². The summed E-state index contributed by atoms with van der Waals surface area (Å²) in [5.41, 5.74) is 3.65. The summed E-state index contributed by atoms with van der Waals surface area (Å²) in [4.78, 5) is 14.8. The summed E-state index contributed by atoms with van der Waals surface area (Å²) in [5.74, 6) is 2.66. The maximum atomic E-state index is 12.3. The van der Waals surface area contributed by atoms with Crippen LogP contribution in [0.1, 0.15) is 62.3 Å². The van der Waals surface area contributed by atoms with E-state index in [2.05, 4.69) is 36.1 Å². The monoisotopic (exact) mass is 592 g/mol. The first kappa shape index (κ1) is 30.6. The first-order chi connectivity index (χ1) is 20.9. The molecule has 1 atom stereocenters. The Morgan fingerprint density at radius 3 is 2.53 bits per heavy atom. The zero-order chi connectivity index (χ0) is 30.3. The Kier molecular flexibility index (Phi) is 10.0. The molecule has 9 nitrogen and oxygen atoms in total. The lowest BCUT2D eigenvalue weighted by molar-refractivity contribution is -0.149. The molecule has 0 amide bonds. The molecule has 9 heteroatoms. The Morgan fingerprint density at radius 2 is 1.81 bits per heavy atom. The molecule has 1 fully saturated rings. The molecule has 0 radical (unpaired) electrons. The number of carbonyl (C=O) groups excluding carboxylic acids is 1. The van der Waals surface area contributed by atoms with Gasteiger partial charge in [0.25, 0.3) is 0 Å². The first-order valence-electron chi connectivity index (χ1n) is 15.4. The number of methoxy groups -OCH3 is 1. The van der Waals surface area contributed by atoms with Crippen molar-refractivity contribution in [2.24, 2.45) is 11.8 Å². The van der Waals surface area contributed by atoms with Crippen LogP contribution in [0.5, 0.6) is 29.0 Å². The zero-order valence-corrected chi connectivity index (χ0v) is 25.5. The van der Waals surface area contributed by atoms with Gasteiger partial charge in [0.2, 0.25) is 0 Å². The van der Waals surface area contributed by atoms with Gasteiger partial charge in [-0.15, -0.1) is 0 Å². The normalized spacial score (nSPS) is 18.6. The predicted octanol–water partition coefficient (Wildman–Crippen LogP) is 5.85. The van der Waals surface area contributed by atoms with E-state index in [0.29, 0.717) is 30.6 Å². The van der Waals surface area contributed by atoms with Crippen LogP contribution >= 0.6 is 0 Å². The van der Waals surface area contributed by atoms with Crippen LogP contribution in [-0.2, 0) is 29.0 Å². The van der Waals surface area contributed by atoms with Crippen LogP contribution < -0.4 is 14.2 Å². The average molecular weight is 593 g/mol. The molecule has 0 bridgehead atoms. The van der Waals surface area contributed by atoms with Crippen LogP contribution in [-0.4, -0.2) is 59.1 Å². The molecule has 2 aromatic carbocycles. The lowest BCUT2D eigenvalue weighted by atomic mass is 9.81. The van der Waals surface area contributed by atoms with Gasteiger partial charge >= 0.3 is 5.97 Å². The second-order valence-electron chi connectivity index (χ2n) is 11.6. The minimum atomic E-state index is -0.0529. The van der Waals surface area contributed by atoms with E-state index in [-0.39, 0.29) is 36.3 Å². The number of esters is 1. The summed E-state index contributed by atoms with van der Waals surface area (Å²) in [6.45, 7) is 7.51. The summed E-state index contributed by atoms with van der Waals surface area (Å²) >= 11 is 0. The summed E-state index contributed by atoms with van der Waals surface area (Å²) in [5, 5.41) is 19.8. The number of nitrogens with zero attached hydrogens (tertiary/aromatic N) is 2. The van der Waals surface area contributed by atoms with Gasteiger partial charge < -0.3 is 29.2 Å². The van der Waals surface area contributed by atoms with Crippen molar-refractivity contribution in [2.45, 2.75) is 65.1 Å². The number of rotatable bonds is 13. The fourth-order valence-corrected chi connectivity index (χ4v) is 6.30. The highest BCUT2D eigenvalue weighted by atomic mass is 16.5. The molecule has 0 spiro atoms. The lowest BCUT2D eigenvalue weighted by Crippen LogP contribution is -2.34. The third-order valence-electron chi connectivity index (χ3n) is 8.82. The molecule has 1 unspecified atom stereocenters. The Balaban J connectivity index is 1.29. The molecular formula is C34H44N2O7. The van der Waals surface area contributed by atoms with E-state index in [1.54, 1.807) is 7.11 Å². The van der Waals surface area contributed by atoms with Crippen molar-refractivity contribution in [3.8, 4) is 29.0 Å². The standard InChI is InChI=1S/C34H44N2O7/c1-4-41-34(39)26-8-5-24(6-9-26)21-35(23(2)27-10-12-29-28(20-27)15-17-42-29)22-25-7-11-30(31(19-25)40-3)43-18-16-36-32(37)13-14-33(36)38/h7,10-14,19-20,23-24,26,37-38H,4-6,8-9,15-18,21-22H2,1-3H3. The van der Waals surface area contributed by atoms with E-state index >= 15 is 0 Å². The van der Waals surface area contributed by atoms with Crippen LogP contribution in [0.3, 0.4) is 0 Å². The van der Waals surface area contributed by atoms with Gasteiger partial charge in [-0.3, -0.25) is 14.3 Å². The highest BCUT2D eigenvalue weighted by molar-refractivity contribution is 5.72. The topological polar surface area (TPSA) is 103 Å². The SMILES string of the molecule is CCOC(=O)C1CCC(CN(Cc2ccc(OCCn3c(O)ccc3O)c(OC)c2)C(C)c2ccc3c(c2)CCO3)CC1. The maximum absolute atomic E-state index is 12.3. The number of aromatic hydroxyl groups is 2. The largest absolute Gasteiger partial charge is 0.494 e. The maximum Gasteiger partial charge on any atom is 0.308 e. The predicted molar refractivity (Wildman–Crippen MR) is 163 cm³/mol. The molecule has 0 saturated heterocycles. The smallest absolute Gasteiger partial charge is 0.308 e. The first-order valence-corrected chi connectivity index (χ1v) is 15.4. The minimum Gasteiger partial charge on any atom is -0.494 e. The molecule has 43 heavy (non-hydrogen) atoms. The Bertz CT molecular complexity index is 1360. The zero-order valence-electron chi connectivity index (χ0n) is 25.5. The Labute approximate surface area is 253 Å². The third-order valence-corrected chi connectivity index (χ3v) is 8.82. The van der Waals surface area contributed by atoms with Crippen LogP contribution in [0.4, 0.5) is 0 Å². The fraction of sp³-hybridized carbons (Fsp3) is 0.500. The lowest BCUT2D eigenvalue weighted by Gasteiger charge is -2.36. The Hall–Kier alpha value is -3.85. The Morgan fingerprint density at radius 1 is 1.05 bits per heavy atom. The quantitative estimate of drug-likeness (QED) is 0.238. The molecule has 2 heterocycles. The molecule has 2 aliphatic rings. The molecule has 2 N–H and O–H groups in total. The number of hydrogen-bond acceptors (Lipinski definition) is 8. The number of ether oxygens (including phenoxy) is 4. The van der Waals surface area contributed by atoms with Crippen molar-refractivity contribution < 1.29 is 34.0 Å². The van der Waals surface area contributed by atoms with E-state index in [0.717, 1.165) is 63.1 Å². The molecule has 1 aliphatic heterocycles. The number of hydrogen-bond donors (Lipinski definition) is 2. The molecule has 1 aliphatic carbocycles. The number of aromatic nitrogens is 1. The van der Waals surface area contributed by atoms with Crippen molar-refractivity contribution in [2.75, 3.05) is 33.5 Å². The number of benzene rings is 2. The fourth-order valence-electron chi connectivity index (χ4n) is 6.30. The van der Waals surface area contributed by atoms with Crippen molar-refractivity contribution in [3.05, 3.63) is 65.2 Å². The molecule has 1 saturated carbocycles. The van der Waals surface area contributed by atoms with E-state index < -0.39 is 0 Å². The van der Waals surface area contributed by atoms with Crippen LogP contribution in [0.25, 0.3) is 0 Å². The van der Waals surface area contributed by atoms with Gasteiger partial charge in [-0.25, -0.2) is 0 Å². The highest BCUT2D eigenvalue weighted by Gasteiger charge is 2.30. The van der Waals surface area contributed by atoms with Crippen LogP contribution in [0, 0.1) is 11.8 Å². The van der Waals surface area contributed by atoms with E-state index in [1.165, 1.54) is 27.8 Å². The minimum absolute atomic E-state index is 0.0112. The molecule has 1 aromatic heterocycles. The van der Waals surface area contributed by atoms with Gasteiger partial charge in [-0.1, -0.05) is 18.2 Å². The van der Waals surface area contributed by atoms with Crippen LogP contribution in [0.15, 0.2) is 48.5 Å². The highest BCUT2D eigenvalue weighted by Crippen LogP contribution is 2.36. The van der Waals surface area contributed by atoms with Gasteiger partial charge in [0.05, 0.1) is 32.8 Å². The van der Waals surface area contributed by atoms with Crippen molar-refractivity contribution in [3.63, 3.8) is 0 Å². The molecule has 3 aromatic rings. The summed E-state index contributed by atoms with van der Waals surface area (Å²) in [6.07, 6.45) is 4.71. The van der Waals surface area contributed by atoms with Crippen LogP contribution in [0.2, 0.25) is 0 Å². The number of carbonyl (C=O) groups is 1. The second kappa shape index (κ2) is 14.1. The van der Waals surface area contributed by atoms with Gasteiger partial charge in [-0.2, -0.15) is 0 Å². The molecular weight excluding hydrogens is 548 g/mol. The summed E-state index contributed by atoms with van der Waals surface area (Å²) in [7, 11) is 1.63. The van der Waals surface area contributed by atoms with E-state index in [1.807, 2.05) is 19.1 Å². The molecule has 232 valence electrons. The molecule has 5 rings (SSSR count).